The van der Waals surface area contributed by atoms with Gasteiger partial charge in [-0.3, -0.25) is 4.79 Å². The Morgan fingerprint density at radius 1 is 1.50 bits per heavy atom. The Bertz CT molecular complexity index is 655. The molecule has 0 aliphatic rings. The lowest BCUT2D eigenvalue weighted by molar-refractivity contribution is 0.102. The van der Waals surface area contributed by atoms with Crippen LogP contribution in [-0.2, 0) is 5.75 Å². The summed E-state index contributed by atoms with van der Waals surface area (Å²) >= 11 is 6.91. The molecule has 0 aliphatic heterocycles. The Morgan fingerprint density at radius 2 is 2.35 bits per heavy atom. The Kier molecular flexibility index (Phi) is 5.31. The number of pyridine rings is 2. The zero-order chi connectivity index (χ0) is 14.4. The van der Waals surface area contributed by atoms with Crippen LogP contribution >= 0.6 is 24.0 Å². The first-order chi connectivity index (χ1) is 9.70. The maximum absolute atomic E-state index is 12.1. The Morgan fingerprint density at radius 3 is 3.10 bits per heavy atom. The summed E-state index contributed by atoms with van der Waals surface area (Å²) in [6.45, 7) is 2.12. The van der Waals surface area contributed by atoms with E-state index in [0.717, 1.165) is 17.1 Å². The van der Waals surface area contributed by atoms with E-state index in [2.05, 4.69) is 22.2 Å². The molecule has 6 heteroatoms. The number of aromatic amines is 1. The maximum atomic E-state index is 12.1. The second kappa shape index (κ2) is 7.21. The van der Waals surface area contributed by atoms with Crippen molar-refractivity contribution in [2.24, 2.45) is 0 Å². The zero-order valence-corrected chi connectivity index (χ0v) is 12.7. The summed E-state index contributed by atoms with van der Waals surface area (Å²) in [6.07, 6.45) is 3.40. The van der Waals surface area contributed by atoms with Gasteiger partial charge in [-0.2, -0.15) is 11.8 Å². The number of thioether (sulfide) groups is 1. The maximum Gasteiger partial charge on any atom is 0.259 e. The van der Waals surface area contributed by atoms with Gasteiger partial charge < -0.3 is 10.3 Å². The average Bonchev–Trinajstić information content (AvgIpc) is 2.46. The number of nitrogens with one attached hydrogen (secondary N) is 2. The third-order valence-electron chi connectivity index (χ3n) is 2.60. The minimum absolute atomic E-state index is 0.250. The molecule has 0 atom stereocenters. The van der Waals surface area contributed by atoms with Gasteiger partial charge in [0.1, 0.15) is 10.5 Å². The fourth-order valence-corrected chi connectivity index (χ4v) is 2.48. The van der Waals surface area contributed by atoms with E-state index in [1.807, 2.05) is 23.9 Å². The molecule has 104 valence electrons. The molecule has 1 amide bonds. The lowest BCUT2D eigenvalue weighted by Gasteiger charge is -2.06. The molecule has 0 spiro atoms. The molecule has 2 rings (SSSR count). The highest BCUT2D eigenvalue weighted by Crippen LogP contribution is 2.15. The molecule has 0 bridgehead atoms. The minimum atomic E-state index is -0.250. The molecule has 0 aromatic carbocycles. The topological polar surface area (TPSA) is 57.8 Å². The van der Waals surface area contributed by atoms with Gasteiger partial charge in [-0.25, -0.2) is 4.98 Å². The lowest BCUT2D eigenvalue weighted by Crippen LogP contribution is -2.14. The molecule has 0 saturated heterocycles. The van der Waals surface area contributed by atoms with Crippen molar-refractivity contribution in [3.05, 3.63) is 52.4 Å². The molecule has 20 heavy (non-hydrogen) atoms. The van der Waals surface area contributed by atoms with Crippen LogP contribution in [0.1, 0.15) is 22.8 Å². The molecule has 2 heterocycles. The van der Waals surface area contributed by atoms with Crippen molar-refractivity contribution in [2.45, 2.75) is 12.7 Å². The monoisotopic (exact) mass is 305 g/mol. The molecular formula is C14H15N3OS2. The largest absolute Gasteiger partial charge is 0.352 e. The first kappa shape index (κ1) is 14.7. The number of nitrogens with zero attached hydrogens (tertiary/aromatic N) is 1. The number of rotatable bonds is 5. The minimum Gasteiger partial charge on any atom is -0.352 e. The fourth-order valence-electron chi connectivity index (χ4n) is 1.64. The molecule has 0 saturated carbocycles. The smallest absolute Gasteiger partial charge is 0.259 e. The van der Waals surface area contributed by atoms with Crippen LogP contribution in [0, 0.1) is 4.64 Å². The van der Waals surface area contributed by atoms with Crippen molar-refractivity contribution in [1.29, 1.82) is 0 Å². The summed E-state index contributed by atoms with van der Waals surface area (Å²) in [4.78, 5) is 19.1. The zero-order valence-electron chi connectivity index (χ0n) is 11.1. The Balaban J connectivity index is 2.12. The van der Waals surface area contributed by atoms with Gasteiger partial charge in [0.2, 0.25) is 0 Å². The molecule has 2 aromatic rings. The summed E-state index contributed by atoms with van der Waals surface area (Å²) < 4.78 is 0.419. The van der Waals surface area contributed by atoms with Crippen molar-refractivity contribution in [3.8, 4) is 0 Å². The van der Waals surface area contributed by atoms with Crippen molar-refractivity contribution < 1.29 is 4.79 Å². The standard InChI is InChI=1S/C14H15N3OS2/c1-2-20-9-10-5-7-15-12(8-10)17-13(18)11-4-3-6-16-14(11)19/h3-8H,2,9H2,1H3,(H,16,19)(H,15,17,18). The summed E-state index contributed by atoms with van der Waals surface area (Å²) in [7, 11) is 0. The second-order valence-corrected chi connectivity index (χ2v) is 5.74. The summed E-state index contributed by atoms with van der Waals surface area (Å²) in [5, 5.41) is 2.77. The van der Waals surface area contributed by atoms with Crippen molar-refractivity contribution in [3.63, 3.8) is 0 Å². The van der Waals surface area contributed by atoms with Crippen LogP contribution in [0.25, 0.3) is 0 Å². The van der Waals surface area contributed by atoms with E-state index in [9.17, 15) is 4.79 Å². The van der Waals surface area contributed by atoms with Crippen LogP contribution < -0.4 is 5.32 Å². The third-order valence-corrected chi connectivity index (χ3v) is 3.89. The SMILES string of the molecule is CCSCc1ccnc(NC(=O)c2ccc[nH]c2=S)c1. The fraction of sp³-hybridized carbons (Fsp3) is 0.214. The van der Waals surface area contributed by atoms with Gasteiger partial charge in [-0.1, -0.05) is 19.1 Å². The number of carbonyl (C=O) groups is 1. The Labute approximate surface area is 127 Å². The molecule has 0 aliphatic carbocycles. The molecule has 2 N–H and O–H groups in total. The number of anilines is 1. The molecule has 0 radical (unpaired) electrons. The summed E-state index contributed by atoms with van der Waals surface area (Å²) in [5.74, 6) is 2.26. The van der Waals surface area contributed by atoms with Gasteiger partial charge in [-0.05, 0) is 35.6 Å². The number of carbonyl (C=O) groups excluding carboxylic acids is 1. The quantitative estimate of drug-likeness (QED) is 0.828. The lowest BCUT2D eigenvalue weighted by atomic mass is 10.2. The van der Waals surface area contributed by atoms with Crippen molar-refractivity contribution >= 4 is 35.7 Å². The number of hydrogen-bond acceptors (Lipinski definition) is 4. The van der Waals surface area contributed by atoms with Gasteiger partial charge in [0, 0.05) is 18.1 Å². The van der Waals surface area contributed by atoms with Crippen molar-refractivity contribution in [1.82, 2.24) is 9.97 Å². The van der Waals surface area contributed by atoms with Gasteiger partial charge >= 0.3 is 0 Å². The van der Waals surface area contributed by atoms with E-state index >= 15 is 0 Å². The van der Waals surface area contributed by atoms with Crippen LogP contribution in [0.15, 0.2) is 36.7 Å². The molecule has 0 fully saturated rings. The van der Waals surface area contributed by atoms with Crippen molar-refractivity contribution in [2.75, 3.05) is 11.1 Å². The van der Waals surface area contributed by atoms with Gasteiger partial charge in [0.25, 0.3) is 5.91 Å². The molecule has 0 unspecified atom stereocenters. The summed E-state index contributed by atoms with van der Waals surface area (Å²) in [6, 6.07) is 7.26. The van der Waals surface area contributed by atoms with Crippen LogP contribution in [0.2, 0.25) is 0 Å². The van der Waals surface area contributed by atoms with Gasteiger partial charge in [-0.15, -0.1) is 0 Å². The number of amides is 1. The highest BCUT2D eigenvalue weighted by molar-refractivity contribution is 7.98. The van der Waals surface area contributed by atoms with E-state index in [4.69, 9.17) is 12.2 Å². The predicted octanol–water partition coefficient (Wildman–Crippen LogP) is 3.64. The third kappa shape index (κ3) is 3.91. The molecular weight excluding hydrogens is 290 g/mol. The number of hydrogen-bond donors (Lipinski definition) is 2. The highest BCUT2D eigenvalue weighted by Gasteiger charge is 2.08. The summed E-state index contributed by atoms with van der Waals surface area (Å²) in [5.41, 5.74) is 1.58. The van der Waals surface area contributed by atoms with Crippen LogP contribution in [0.4, 0.5) is 5.82 Å². The first-order valence-corrected chi connectivity index (χ1v) is 7.78. The highest BCUT2D eigenvalue weighted by atomic mass is 32.2. The van der Waals surface area contributed by atoms with E-state index in [-0.39, 0.29) is 5.91 Å². The predicted molar refractivity (Wildman–Crippen MR) is 85.7 cm³/mol. The first-order valence-electron chi connectivity index (χ1n) is 6.22. The Hall–Kier alpha value is -1.66. The van der Waals surface area contributed by atoms with E-state index < -0.39 is 0 Å². The number of aromatic nitrogens is 2. The van der Waals surface area contributed by atoms with Crippen LogP contribution in [0.3, 0.4) is 0 Å². The molecule has 4 nitrogen and oxygen atoms in total. The second-order valence-electron chi connectivity index (χ2n) is 4.05. The normalized spacial score (nSPS) is 10.2. The van der Waals surface area contributed by atoms with Crippen LogP contribution in [-0.4, -0.2) is 21.6 Å². The van der Waals surface area contributed by atoms with Crippen LogP contribution in [0.5, 0.6) is 0 Å². The molecule has 2 aromatic heterocycles. The van der Waals surface area contributed by atoms with E-state index in [1.54, 1.807) is 24.5 Å². The van der Waals surface area contributed by atoms with E-state index in [0.29, 0.717) is 16.0 Å². The van der Waals surface area contributed by atoms with E-state index in [1.165, 1.54) is 0 Å². The van der Waals surface area contributed by atoms with Gasteiger partial charge in [0.15, 0.2) is 0 Å². The number of H-pyrrole nitrogens is 1. The van der Waals surface area contributed by atoms with Gasteiger partial charge in [0.05, 0.1) is 5.56 Å². The average molecular weight is 305 g/mol.